The second-order valence-electron chi connectivity index (χ2n) is 7.52. The van der Waals surface area contributed by atoms with Crippen LogP contribution in [-0.2, 0) is 11.3 Å². The fourth-order valence-corrected chi connectivity index (χ4v) is 4.04. The average Bonchev–Trinajstić information content (AvgIpc) is 3.26. The van der Waals surface area contributed by atoms with Gasteiger partial charge in [0.15, 0.2) is 0 Å². The van der Waals surface area contributed by atoms with Gasteiger partial charge in [-0.15, -0.1) is 0 Å². The lowest BCUT2D eigenvalue weighted by atomic mass is 9.99. The van der Waals surface area contributed by atoms with E-state index >= 15 is 0 Å². The normalized spacial score (nSPS) is 25.1. The molecule has 0 saturated carbocycles. The molecule has 3 rings (SSSR count). The van der Waals surface area contributed by atoms with Gasteiger partial charge in [-0.2, -0.15) is 5.10 Å². The minimum atomic E-state index is 0.135. The van der Waals surface area contributed by atoms with E-state index in [9.17, 15) is 4.79 Å². The molecule has 0 radical (unpaired) electrons. The monoisotopic (exact) mass is 348 g/mol. The van der Waals surface area contributed by atoms with E-state index in [1.807, 2.05) is 22.6 Å². The zero-order chi connectivity index (χ0) is 18.0. The first-order valence-electron chi connectivity index (χ1n) is 9.73. The number of morpholine rings is 1. The minimum Gasteiger partial charge on any atom is -0.379 e. The Labute approximate surface area is 151 Å². The van der Waals surface area contributed by atoms with Gasteiger partial charge in [0.2, 0.25) is 0 Å². The van der Waals surface area contributed by atoms with E-state index in [1.54, 1.807) is 0 Å². The van der Waals surface area contributed by atoms with Gasteiger partial charge in [-0.1, -0.05) is 27.2 Å². The number of ether oxygens (including phenoxy) is 1. The minimum absolute atomic E-state index is 0.135. The molecule has 0 aliphatic carbocycles. The maximum absolute atomic E-state index is 13.2. The summed E-state index contributed by atoms with van der Waals surface area (Å²) in [6.07, 6.45) is 1.11. The summed E-state index contributed by atoms with van der Waals surface area (Å²) < 4.78 is 7.36. The summed E-state index contributed by atoms with van der Waals surface area (Å²) in [6.45, 7) is 14.5. The number of hydrogen-bond donors (Lipinski definition) is 0. The average molecular weight is 348 g/mol. The first-order chi connectivity index (χ1) is 12.0. The molecule has 1 aromatic rings. The van der Waals surface area contributed by atoms with Crippen LogP contribution in [0.3, 0.4) is 0 Å². The fraction of sp³-hybridized carbons (Fsp3) is 0.789. The van der Waals surface area contributed by atoms with Crippen LogP contribution in [-0.4, -0.2) is 70.9 Å². The summed E-state index contributed by atoms with van der Waals surface area (Å²) in [5.41, 5.74) is 1.74. The van der Waals surface area contributed by atoms with Crippen molar-refractivity contribution in [3.8, 4) is 0 Å². The molecule has 0 unspecified atom stereocenters. The van der Waals surface area contributed by atoms with Crippen molar-refractivity contribution in [2.75, 3.05) is 39.4 Å². The molecule has 1 aromatic heterocycles. The van der Waals surface area contributed by atoms with Crippen LogP contribution in [0, 0.1) is 5.92 Å². The third-order valence-corrected chi connectivity index (χ3v) is 5.64. The summed E-state index contributed by atoms with van der Waals surface area (Å²) in [7, 11) is 0. The number of amides is 1. The second-order valence-corrected chi connectivity index (χ2v) is 7.52. The largest absolute Gasteiger partial charge is 0.379 e. The molecule has 2 atom stereocenters. The zero-order valence-corrected chi connectivity index (χ0v) is 16.1. The SMILES string of the molecule is CC[C@@H]1CN(C(=O)c2cc(C(C)C)nn2CC)C[C@@H]1N1CCOCC1. The molecule has 6 heteroatoms. The van der Waals surface area contributed by atoms with E-state index in [0.29, 0.717) is 17.9 Å². The Kier molecular flexibility index (Phi) is 5.79. The van der Waals surface area contributed by atoms with Crippen LogP contribution < -0.4 is 0 Å². The first-order valence-corrected chi connectivity index (χ1v) is 9.73. The number of carbonyl (C=O) groups is 1. The maximum atomic E-state index is 13.2. The van der Waals surface area contributed by atoms with Gasteiger partial charge in [0.05, 0.1) is 18.9 Å². The molecule has 3 heterocycles. The Morgan fingerprint density at radius 3 is 2.60 bits per heavy atom. The lowest BCUT2D eigenvalue weighted by Crippen LogP contribution is -2.47. The van der Waals surface area contributed by atoms with Gasteiger partial charge >= 0.3 is 0 Å². The molecule has 140 valence electrons. The molecule has 2 saturated heterocycles. The van der Waals surface area contributed by atoms with E-state index in [0.717, 1.165) is 63.7 Å². The molecule has 6 nitrogen and oxygen atoms in total. The molecule has 1 amide bonds. The number of carbonyl (C=O) groups excluding carboxylic acids is 1. The van der Waals surface area contributed by atoms with E-state index in [2.05, 4.69) is 30.8 Å². The van der Waals surface area contributed by atoms with E-state index in [4.69, 9.17) is 4.74 Å². The molecular weight excluding hydrogens is 316 g/mol. The predicted octanol–water partition coefficient (Wildman–Crippen LogP) is 2.21. The van der Waals surface area contributed by atoms with Crippen molar-refractivity contribution < 1.29 is 9.53 Å². The highest BCUT2D eigenvalue weighted by Gasteiger charge is 2.39. The Hall–Kier alpha value is -1.40. The molecule has 0 N–H and O–H groups in total. The van der Waals surface area contributed by atoms with Gasteiger partial charge in [-0.25, -0.2) is 0 Å². The lowest BCUT2D eigenvalue weighted by molar-refractivity contribution is 0.0102. The van der Waals surface area contributed by atoms with Crippen LogP contribution in [0.5, 0.6) is 0 Å². The molecule has 2 fully saturated rings. The van der Waals surface area contributed by atoms with E-state index < -0.39 is 0 Å². The van der Waals surface area contributed by atoms with Crippen molar-refractivity contribution >= 4 is 5.91 Å². The van der Waals surface area contributed by atoms with Gasteiger partial charge < -0.3 is 9.64 Å². The summed E-state index contributed by atoms with van der Waals surface area (Å²) >= 11 is 0. The number of rotatable bonds is 5. The van der Waals surface area contributed by atoms with Gasteiger partial charge in [-0.05, 0) is 24.8 Å². The van der Waals surface area contributed by atoms with Gasteiger partial charge in [0.25, 0.3) is 5.91 Å². The highest BCUT2D eigenvalue weighted by Crippen LogP contribution is 2.27. The molecule has 2 aliphatic heterocycles. The molecule has 0 spiro atoms. The molecule has 25 heavy (non-hydrogen) atoms. The second kappa shape index (κ2) is 7.87. The third kappa shape index (κ3) is 3.75. The molecule has 2 aliphatic rings. The number of likely N-dealkylation sites (tertiary alicyclic amines) is 1. The standard InChI is InChI=1S/C19H32N4O2/c1-5-15-12-22(13-18(15)21-7-9-25-10-8-21)19(24)17-11-16(14(3)4)20-23(17)6-2/h11,14-15,18H,5-10,12-13H2,1-4H3/t15-,18+/m1/s1. The van der Waals surface area contributed by atoms with Gasteiger partial charge in [-0.3, -0.25) is 14.4 Å². The van der Waals surface area contributed by atoms with Crippen molar-refractivity contribution in [1.82, 2.24) is 19.6 Å². The van der Waals surface area contributed by atoms with Crippen LogP contribution in [0.4, 0.5) is 0 Å². The number of nitrogens with zero attached hydrogens (tertiary/aromatic N) is 4. The quantitative estimate of drug-likeness (QED) is 0.819. The number of aryl methyl sites for hydroxylation is 1. The lowest BCUT2D eigenvalue weighted by Gasteiger charge is -2.34. The first kappa shape index (κ1) is 18.4. The number of hydrogen-bond acceptors (Lipinski definition) is 4. The van der Waals surface area contributed by atoms with E-state index in [1.165, 1.54) is 0 Å². The van der Waals surface area contributed by atoms with Crippen molar-refractivity contribution in [2.24, 2.45) is 5.92 Å². The van der Waals surface area contributed by atoms with Gasteiger partial charge in [0, 0.05) is 38.8 Å². The fourth-order valence-electron chi connectivity index (χ4n) is 4.04. The van der Waals surface area contributed by atoms with Crippen LogP contribution in [0.2, 0.25) is 0 Å². The topological polar surface area (TPSA) is 50.6 Å². The Morgan fingerprint density at radius 2 is 2.00 bits per heavy atom. The molecular formula is C19H32N4O2. The molecule has 0 aromatic carbocycles. The highest BCUT2D eigenvalue weighted by atomic mass is 16.5. The Bertz CT molecular complexity index is 592. The molecule has 0 bridgehead atoms. The summed E-state index contributed by atoms with van der Waals surface area (Å²) in [5.74, 6) is 1.02. The van der Waals surface area contributed by atoms with E-state index in [-0.39, 0.29) is 5.91 Å². The van der Waals surface area contributed by atoms with Crippen LogP contribution >= 0.6 is 0 Å². The van der Waals surface area contributed by atoms with Crippen molar-refractivity contribution in [1.29, 1.82) is 0 Å². The summed E-state index contributed by atoms with van der Waals surface area (Å²) in [6, 6.07) is 2.44. The highest BCUT2D eigenvalue weighted by molar-refractivity contribution is 5.93. The Morgan fingerprint density at radius 1 is 1.28 bits per heavy atom. The van der Waals surface area contributed by atoms with Crippen molar-refractivity contribution in [3.05, 3.63) is 17.5 Å². The van der Waals surface area contributed by atoms with Crippen LogP contribution in [0.15, 0.2) is 6.07 Å². The smallest absolute Gasteiger partial charge is 0.272 e. The number of aromatic nitrogens is 2. The van der Waals surface area contributed by atoms with Crippen LogP contribution in [0.1, 0.15) is 56.2 Å². The van der Waals surface area contributed by atoms with Crippen LogP contribution in [0.25, 0.3) is 0 Å². The van der Waals surface area contributed by atoms with Crippen molar-refractivity contribution in [3.63, 3.8) is 0 Å². The predicted molar refractivity (Wildman–Crippen MR) is 97.9 cm³/mol. The zero-order valence-electron chi connectivity index (χ0n) is 16.1. The summed E-state index contributed by atoms with van der Waals surface area (Å²) in [4.78, 5) is 17.7. The Balaban J connectivity index is 1.76. The third-order valence-electron chi connectivity index (χ3n) is 5.64. The summed E-state index contributed by atoms with van der Waals surface area (Å²) in [5, 5.41) is 4.61. The van der Waals surface area contributed by atoms with Gasteiger partial charge in [0.1, 0.15) is 5.69 Å². The maximum Gasteiger partial charge on any atom is 0.272 e. The van der Waals surface area contributed by atoms with Crippen molar-refractivity contribution in [2.45, 2.75) is 52.6 Å².